The summed E-state index contributed by atoms with van der Waals surface area (Å²) >= 11 is 0. The summed E-state index contributed by atoms with van der Waals surface area (Å²) < 4.78 is 130. The highest BCUT2D eigenvalue weighted by molar-refractivity contribution is 7.90. The van der Waals surface area contributed by atoms with Crippen LogP contribution in [-0.2, 0) is 29.7 Å². The minimum atomic E-state index is -4.93. The van der Waals surface area contributed by atoms with E-state index in [2.05, 4.69) is 14.8 Å². The molecule has 3 aromatic carbocycles. The molecular formula is C30H22F7N3O5S. The predicted octanol–water partition coefficient (Wildman–Crippen LogP) is 7.34. The molecule has 0 amide bonds. The van der Waals surface area contributed by atoms with Crippen molar-refractivity contribution >= 4 is 9.84 Å². The number of hydrogen-bond acceptors (Lipinski definition) is 7. The first-order valence-electron chi connectivity index (χ1n) is 13.1. The van der Waals surface area contributed by atoms with Gasteiger partial charge in [-0.1, -0.05) is 12.1 Å². The van der Waals surface area contributed by atoms with Gasteiger partial charge in [-0.15, -0.1) is 13.2 Å². The summed E-state index contributed by atoms with van der Waals surface area (Å²) in [6, 6.07) is 11.8. The number of nitrogens with zero attached hydrogens (tertiary/aromatic N) is 3. The normalized spacial score (nSPS) is 12.5. The lowest BCUT2D eigenvalue weighted by Crippen LogP contribution is -2.16. The van der Waals surface area contributed by atoms with Crippen molar-refractivity contribution in [3.63, 3.8) is 0 Å². The van der Waals surface area contributed by atoms with Crippen molar-refractivity contribution in [1.29, 1.82) is 0 Å². The van der Waals surface area contributed by atoms with Crippen molar-refractivity contribution in [2.75, 3.05) is 6.26 Å². The minimum absolute atomic E-state index is 0.00983. The van der Waals surface area contributed by atoms with E-state index in [0.717, 1.165) is 41.3 Å². The number of halogens is 7. The van der Waals surface area contributed by atoms with E-state index in [1.807, 2.05) is 0 Å². The molecule has 0 saturated carbocycles. The number of hydrogen-bond donors (Lipinski definition) is 1. The second kappa shape index (κ2) is 11.6. The third-order valence-electron chi connectivity index (χ3n) is 6.85. The third kappa shape index (κ3) is 6.62. The highest BCUT2D eigenvalue weighted by Gasteiger charge is 2.35. The molecule has 0 spiro atoms. The minimum Gasteiger partial charge on any atom is -0.440 e. The van der Waals surface area contributed by atoms with E-state index in [0.29, 0.717) is 0 Å². The van der Waals surface area contributed by atoms with E-state index in [-0.39, 0.29) is 50.9 Å². The van der Waals surface area contributed by atoms with Crippen molar-refractivity contribution in [3.8, 4) is 50.7 Å². The molecule has 0 bridgehead atoms. The summed E-state index contributed by atoms with van der Waals surface area (Å²) in [5.41, 5.74) is -0.747. The molecule has 8 nitrogen and oxygen atoms in total. The molecular weight excluding hydrogens is 647 g/mol. The summed E-state index contributed by atoms with van der Waals surface area (Å²) in [6.07, 6.45) is -8.87. The number of aryl methyl sites for hydroxylation is 2. The summed E-state index contributed by atoms with van der Waals surface area (Å²) in [7, 11) is -2.72. The van der Waals surface area contributed by atoms with E-state index < -0.39 is 56.7 Å². The van der Waals surface area contributed by atoms with Gasteiger partial charge in [0, 0.05) is 42.5 Å². The lowest BCUT2D eigenvalue weighted by atomic mass is 9.93. The number of oxazole rings is 1. The average molecular weight is 670 g/mol. The molecule has 1 N–H and O–H groups in total. The van der Waals surface area contributed by atoms with Crippen LogP contribution in [0.3, 0.4) is 0 Å². The standard InChI is InChI=1S/C30H22F7N3O5S/c1-15-38-27(16-4-7-19(8-5-16)45-30(35,36)37)28(44-15)21-10-17(18-11-23(31)22(14-41)25(12-18)46(3,42)43)6-9-20(21)24-13-26(29(32,33)34)39-40(24)2/h4-13,41H,14H2,1-3H3. The number of sulfone groups is 1. The van der Waals surface area contributed by atoms with Crippen LogP contribution in [0.4, 0.5) is 30.7 Å². The molecule has 0 unspecified atom stereocenters. The second-order valence-corrected chi connectivity index (χ2v) is 12.1. The number of aliphatic hydroxyl groups excluding tert-OH is 1. The number of rotatable bonds is 7. The molecule has 0 fully saturated rings. The number of aromatic nitrogens is 3. The van der Waals surface area contributed by atoms with Crippen LogP contribution in [0.1, 0.15) is 17.1 Å². The van der Waals surface area contributed by atoms with Crippen molar-refractivity contribution < 1.29 is 53.4 Å². The molecule has 0 saturated heterocycles. The fourth-order valence-corrected chi connectivity index (χ4v) is 5.83. The average Bonchev–Trinajstić information content (AvgIpc) is 3.54. The number of ether oxygens (including phenoxy) is 1. The molecule has 0 aliphatic heterocycles. The third-order valence-corrected chi connectivity index (χ3v) is 8.01. The first-order valence-corrected chi connectivity index (χ1v) is 15.0. The Kier molecular flexibility index (Phi) is 8.23. The lowest BCUT2D eigenvalue weighted by Gasteiger charge is -2.14. The summed E-state index contributed by atoms with van der Waals surface area (Å²) in [5.74, 6) is -1.43. The zero-order valence-corrected chi connectivity index (χ0v) is 24.8. The van der Waals surface area contributed by atoms with Gasteiger partial charge >= 0.3 is 12.5 Å². The Morgan fingerprint density at radius 2 is 1.57 bits per heavy atom. The fourth-order valence-electron chi connectivity index (χ4n) is 4.87. The zero-order valence-electron chi connectivity index (χ0n) is 24.0. The van der Waals surface area contributed by atoms with Gasteiger partial charge in [-0.25, -0.2) is 17.8 Å². The smallest absolute Gasteiger partial charge is 0.440 e. The highest BCUT2D eigenvalue weighted by atomic mass is 32.2. The largest absolute Gasteiger partial charge is 0.573 e. The molecule has 0 aliphatic carbocycles. The molecule has 0 atom stereocenters. The maximum Gasteiger partial charge on any atom is 0.573 e. The molecule has 5 rings (SSSR count). The Morgan fingerprint density at radius 1 is 0.913 bits per heavy atom. The topological polar surface area (TPSA) is 107 Å². The SMILES string of the molecule is Cc1nc(-c2ccc(OC(F)(F)F)cc2)c(-c2cc(-c3cc(F)c(CO)c(S(C)(=O)=O)c3)ccc2-c2cc(C(F)(F)F)nn2C)o1. The van der Waals surface area contributed by atoms with Crippen LogP contribution in [0.15, 0.2) is 70.0 Å². The number of alkyl halides is 6. The molecule has 0 radical (unpaired) electrons. The van der Waals surface area contributed by atoms with E-state index in [9.17, 15) is 39.9 Å². The molecule has 0 aliphatic rings. The van der Waals surface area contributed by atoms with E-state index in [4.69, 9.17) is 4.42 Å². The Morgan fingerprint density at radius 3 is 2.13 bits per heavy atom. The maximum absolute atomic E-state index is 15.0. The second-order valence-electron chi connectivity index (χ2n) is 10.1. The van der Waals surface area contributed by atoms with Crippen LogP contribution < -0.4 is 4.74 Å². The van der Waals surface area contributed by atoms with E-state index >= 15 is 4.39 Å². The molecule has 242 valence electrons. The van der Waals surface area contributed by atoms with E-state index in [1.165, 1.54) is 44.3 Å². The summed E-state index contributed by atoms with van der Waals surface area (Å²) in [5, 5.41) is 13.2. The predicted molar refractivity (Wildman–Crippen MR) is 150 cm³/mol. The van der Waals surface area contributed by atoms with Gasteiger partial charge in [0.05, 0.1) is 17.2 Å². The summed E-state index contributed by atoms with van der Waals surface area (Å²) in [6.45, 7) is 0.582. The van der Waals surface area contributed by atoms with Crippen LogP contribution in [0.5, 0.6) is 5.75 Å². The molecule has 46 heavy (non-hydrogen) atoms. The first kappa shape index (κ1) is 32.7. The van der Waals surface area contributed by atoms with Crippen LogP contribution in [0.25, 0.3) is 45.0 Å². The van der Waals surface area contributed by atoms with Gasteiger partial charge < -0.3 is 14.3 Å². The monoisotopic (exact) mass is 669 g/mol. The van der Waals surface area contributed by atoms with Gasteiger partial charge in [-0.3, -0.25) is 4.68 Å². The van der Waals surface area contributed by atoms with Crippen LogP contribution in [0, 0.1) is 12.7 Å². The van der Waals surface area contributed by atoms with Gasteiger partial charge in [0.25, 0.3) is 0 Å². The van der Waals surface area contributed by atoms with Crippen LogP contribution >= 0.6 is 0 Å². The van der Waals surface area contributed by atoms with Crippen LogP contribution in [-0.4, -0.2) is 40.9 Å². The molecule has 2 heterocycles. The van der Waals surface area contributed by atoms with Gasteiger partial charge in [-0.2, -0.15) is 18.3 Å². The maximum atomic E-state index is 15.0. The van der Waals surface area contributed by atoms with Gasteiger partial charge in [-0.05, 0) is 59.7 Å². The Hall–Kier alpha value is -4.70. The zero-order chi connectivity index (χ0) is 33.8. The quantitative estimate of drug-likeness (QED) is 0.181. The van der Waals surface area contributed by atoms with Crippen molar-refractivity contribution in [1.82, 2.24) is 14.8 Å². The Labute approximate surface area is 256 Å². The molecule has 5 aromatic rings. The van der Waals surface area contributed by atoms with Gasteiger partial charge in [0.15, 0.2) is 27.2 Å². The van der Waals surface area contributed by atoms with E-state index in [1.54, 1.807) is 0 Å². The molecule has 16 heteroatoms. The van der Waals surface area contributed by atoms with Crippen molar-refractivity contribution in [2.24, 2.45) is 7.05 Å². The Balaban J connectivity index is 1.76. The highest BCUT2D eigenvalue weighted by Crippen LogP contribution is 2.43. The van der Waals surface area contributed by atoms with Crippen molar-refractivity contribution in [3.05, 3.63) is 83.6 Å². The number of aliphatic hydroxyl groups is 1. The lowest BCUT2D eigenvalue weighted by molar-refractivity contribution is -0.274. The van der Waals surface area contributed by atoms with Crippen LogP contribution in [0.2, 0.25) is 0 Å². The first-order chi connectivity index (χ1) is 21.4. The summed E-state index contributed by atoms with van der Waals surface area (Å²) in [4.78, 5) is 3.89. The fraction of sp³-hybridized carbons (Fsp3) is 0.200. The van der Waals surface area contributed by atoms with Gasteiger partial charge in [0.2, 0.25) is 0 Å². The Bertz CT molecular complexity index is 2050. The number of benzene rings is 3. The van der Waals surface area contributed by atoms with Gasteiger partial charge in [0.1, 0.15) is 17.3 Å². The molecule has 2 aromatic heterocycles. The van der Waals surface area contributed by atoms with Crippen molar-refractivity contribution in [2.45, 2.75) is 31.0 Å².